The molecule has 3 aromatic rings. The number of anilines is 1. The van der Waals surface area contributed by atoms with Crippen molar-refractivity contribution in [3.63, 3.8) is 0 Å². The van der Waals surface area contributed by atoms with Gasteiger partial charge in [-0.05, 0) is 29.5 Å². The molecule has 0 atom stereocenters. The van der Waals surface area contributed by atoms with Gasteiger partial charge in [0.1, 0.15) is 11.6 Å². The number of hydrogen-bond acceptors (Lipinski definition) is 4. The molecule has 0 fully saturated rings. The minimum atomic E-state index is 0.138. The molecule has 0 saturated heterocycles. The first kappa shape index (κ1) is 16.4. The number of fused-ring (bicyclic) bond motifs is 1. The molecule has 0 amide bonds. The van der Waals surface area contributed by atoms with Crippen LogP contribution in [0.2, 0.25) is 0 Å². The zero-order valence-corrected chi connectivity index (χ0v) is 14.8. The smallest absolute Gasteiger partial charge is 0.133 e. The number of pyridine rings is 1. The van der Waals surface area contributed by atoms with Gasteiger partial charge in [0.05, 0.1) is 11.2 Å². The van der Waals surface area contributed by atoms with Crippen LogP contribution in [0, 0.1) is 5.41 Å². The quantitative estimate of drug-likeness (QED) is 0.775. The zero-order valence-electron chi connectivity index (χ0n) is 14.8. The second-order valence-corrected chi connectivity index (χ2v) is 7.32. The summed E-state index contributed by atoms with van der Waals surface area (Å²) in [5.74, 6) is 1.38. The van der Waals surface area contributed by atoms with Gasteiger partial charge in [-0.3, -0.25) is 0 Å². The molecule has 0 aliphatic rings. The molecule has 0 aliphatic heterocycles. The van der Waals surface area contributed by atoms with E-state index in [-0.39, 0.29) is 5.41 Å². The zero-order chi connectivity index (χ0) is 17.3. The Morgan fingerprint density at radius 1 is 1.04 bits per heavy atom. The maximum Gasteiger partial charge on any atom is 0.133 e. The van der Waals surface area contributed by atoms with E-state index < -0.39 is 0 Å². The number of benzene rings is 1. The summed E-state index contributed by atoms with van der Waals surface area (Å²) in [5.41, 5.74) is 10.4. The summed E-state index contributed by atoms with van der Waals surface area (Å²) in [6.07, 6.45) is 3.52. The third-order valence-electron chi connectivity index (χ3n) is 4.03. The number of nitrogen functional groups attached to an aromatic ring is 1. The number of aromatic nitrogens is 3. The molecule has 0 radical (unpaired) electrons. The first-order chi connectivity index (χ1) is 11.4. The molecule has 4 nitrogen and oxygen atoms in total. The number of hydrogen-bond donors (Lipinski definition) is 1. The lowest BCUT2D eigenvalue weighted by molar-refractivity contribution is 0.401. The molecule has 1 aromatic carbocycles. The Hall–Kier alpha value is -2.49. The van der Waals surface area contributed by atoms with Gasteiger partial charge in [-0.1, -0.05) is 45.9 Å². The minimum Gasteiger partial charge on any atom is -0.383 e. The van der Waals surface area contributed by atoms with Crippen molar-refractivity contribution in [1.29, 1.82) is 0 Å². The fourth-order valence-electron chi connectivity index (χ4n) is 3.05. The average Bonchev–Trinajstić information content (AvgIpc) is 2.52. The van der Waals surface area contributed by atoms with Crippen molar-refractivity contribution in [3.8, 4) is 11.3 Å². The Morgan fingerprint density at radius 3 is 2.50 bits per heavy atom. The van der Waals surface area contributed by atoms with Crippen molar-refractivity contribution < 1.29 is 0 Å². The molecular formula is C20H24N4. The topological polar surface area (TPSA) is 64.7 Å². The fraction of sp³-hybridized carbons (Fsp3) is 0.350. The fourth-order valence-corrected chi connectivity index (χ4v) is 3.05. The van der Waals surface area contributed by atoms with Gasteiger partial charge in [-0.2, -0.15) is 0 Å². The van der Waals surface area contributed by atoms with Gasteiger partial charge < -0.3 is 5.73 Å². The summed E-state index contributed by atoms with van der Waals surface area (Å²) in [6, 6.07) is 10.0. The van der Waals surface area contributed by atoms with Crippen LogP contribution in [-0.2, 0) is 12.8 Å². The van der Waals surface area contributed by atoms with Crippen molar-refractivity contribution in [2.45, 2.75) is 40.5 Å². The van der Waals surface area contributed by atoms with E-state index in [1.54, 1.807) is 0 Å². The van der Waals surface area contributed by atoms with Crippen LogP contribution in [0.5, 0.6) is 0 Å². The number of nitrogens with zero attached hydrogens (tertiary/aromatic N) is 3. The molecule has 3 rings (SSSR count). The predicted octanol–water partition coefficient (Wildman–Crippen LogP) is 4.43. The Bertz CT molecular complexity index is 878. The minimum absolute atomic E-state index is 0.138. The van der Waals surface area contributed by atoms with E-state index in [1.807, 2.05) is 30.5 Å². The highest BCUT2D eigenvalue weighted by Crippen LogP contribution is 2.33. The molecule has 0 aliphatic carbocycles. The molecule has 0 bridgehead atoms. The third kappa shape index (κ3) is 3.23. The highest BCUT2D eigenvalue weighted by Gasteiger charge is 2.17. The molecule has 4 heteroatoms. The van der Waals surface area contributed by atoms with Crippen LogP contribution < -0.4 is 5.73 Å². The summed E-state index contributed by atoms with van der Waals surface area (Å²) < 4.78 is 0. The van der Waals surface area contributed by atoms with Crippen LogP contribution >= 0.6 is 0 Å². The SMILES string of the molecule is CCc1c(-c2ccnc(CC(C)(C)C)n2)c(N)nc2ccccc12. The maximum atomic E-state index is 6.30. The second kappa shape index (κ2) is 6.19. The van der Waals surface area contributed by atoms with Crippen LogP contribution in [0.15, 0.2) is 36.5 Å². The second-order valence-electron chi connectivity index (χ2n) is 7.32. The Labute approximate surface area is 143 Å². The van der Waals surface area contributed by atoms with Gasteiger partial charge in [-0.15, -0.1) is 0 Å². The third-order valence-corrected chi connectivity index (χ3v) is 4.03. The Kier molecular flexibility index (Phi) is 4.22. The predicted molar refractivity (Wildman–Crippen MR) is 99.7 cm³/mol. The van der Waals surface area contributed by atoms with E-state index in [2.05, 4.69) is 43.7 Å². The summed E-state index contributed by atoms with van der Waals surface area (Å²) in [6.45, 7) is 8.70. The van der Waals surface area contributed by atoms with Gasteiger partial charge in [0, 0.05) is 23.6 Å². The number of aryl methyl sites for hydroxylation is 1. The van der Waals surface area contributed by atoms with Crippen molar-refractivity contribution in [2.75, 3.05) is 5.73 Å². The van der Waals surface area contributed by atoms with E-state index in [1.165, 1.54) is 5.56 Å². The van der Waals surface area contributed by atoms with E-state index in [4.69, 9.17) is 10.7 Å². The van der Waals surface area contributed by atoms with Crippen molar-refractivity contribution >= 4 is 16.7 Å². The van der Waals surface area contributed by atoms with Crippen LogP contribution in [0.3, 0.4) is 0 Å². The number of nitrogens with two attached hydrogens (primary N) is 1. The van der Waals surface area contributed by atoms with Crippen molar-refractivity contribution in [2.24, 2.45) is 5.41 Å². The Balaban J connectivity index is 2.19. The molecule has 124 valence electrons. The molecular weight excluding hydrogens is 296 g/mol. The standard InChI is InChI=1S/C20H24N4/c1-5-13-14-8-6-7-9-15(14)24-19(21)18(13)16-10-11-22-17(23-16)12-20(2,3)4/h6-11H,5,12H2,1-4H3,(H2,21,24). The van der Waals surface area contributed by atoms with E-state index >= 15 is 0 Å². The van der Waals surface area contributed by atoms with Gasteiger partial charge in [0.15, 0.2) is 0 Å². The highest BCUT2D eigenvalue weighted by atomic mass is 14.9. The molecule has 24 heavy (non-hydrogen) atoms. The van der Waals surface area contributed by atoms with Crippen LogP contribution in [0.1, 0.15) is 39.1 Å². The highest BCUT2D eigenvalue weighted by molar-refractivity contribution is 5.92. The molecule has 2 heterocycles. The van der Waals surface area contributed by atoms with Crippen LogP contribution in [-0.4, -0.2) is 15.0 Å². The summed E-state index contributed by atoms with van der Waals surface area (Å²) >= 11 is 0. The Morgan fingerprint density at radius 2 is 1.79 bits per heavy atom. The normalized spacial score (nSPS) is 11.8. The summed E-state index contributed by atoms with van der Waals surface area (Å²) in [7, 11) is 0. The lowest BCUT2D eigenvalue weighted by atomic mass is 9.92. The van der Waals surface area contributed by atoms with Gasteiger partial charge in [0.2, 0.25) is 0 Å². The molecule has 2 N–H and O–H groups in total. The average molecular weight is 320 g/mol. The van der Waals surface area contributed by atoms with Crippen LogP contribution in [0.25, 0.3) is 22.2 Å². The molecule has 0 spiro atoms. The van der Waals surface area contributed by atoms with E-state index in [0.29, 0.717) is 5.82 Å². The first-order valence-electron chi connectivity index (χ1n) is 8.38. The lowest BCUT2D eigenvalue weighted by Crippen LogP contribution is -2.12. The lowest BCUT2D eigenvalue weighted by Gasteiger charge is -2.18. The van der Waals surface area contributed by atoms with E-state index in [0.717, 1.165) is 40.8 Å². The number of para-hydroxylation sites is 1. The molecule has 0 saturated carbocycles. The van der Waals surface area contributed by atoms with Crippen molar-refractivity contribution in [1.82, 2.24) is 15.0 Å². The van der Waals surface area contributed by atoms with Crippen molar-refractivity contribution in [3.05, 3.63) is 47.9 Å². The van der Waals surface area contributed by atoms with Gasteiger partial charge in [-0.25, -0.2) is 15.0 Å². The summed E-state index contributed by atoms with van der Waals surface area (Å²) in [5, 5.41) is 1.14. The van der Waals surface area contributed by atoms with Gasteiger partial charge in [0.25, 0.3) is 0 Å². The van der Waals surface area contributed by atoms with E-state index in [9.17, 15) is 0 Å². The van der Waals surface area contributed by atoms with Gasteiger partial charge >= 0.3 is 0 Å². The molecule has 0 unspecified atom stereocenters. The maximum absolute atomic E-state index is 6.30. The molecule has 2 aromatic heterocycles. The monoisotopic (exact) mass is 320 g/mol. The largest absolute Gasteiger partial charge is 0.383 e. The number of rotatable bonds is 3. The summed E-state index contributed by atoms with van der Waals surface area (Å²) in [4.78, 5) is 13.8. The first-order valence-corrected chi connectivity index (χ1v) is 8.38. The van der Waals surface area contributed by atoms with Crippen LogP contribution in [0.4, 0.5) is 5.82 Å².